The molecule has 1 N–H and O–H groups in total. The van der Waals surface area contributed by atoms with Crippen LogP contribution in [0.5, 0.6) is 5.88 Å². The predicted molar refractivity (Wildman–Crippen MR) is 126 cm³/mol. The van der Waals surface area contributed by atoms with Crippen LogP contribution in [0.15, 0.2) is 54.1 Å². The van der Waals surface area contributed by atoms with Crippen molar-refractivity contribution in [3.63, 3.8) is 0 Å². The molecule has 0 saturated heterocycles. The monoisotopic (exact) mass is 426 g/mol. The lowest BCUT2D eigenvalue weighted by atomic mass is 10.1. The van der Waals surface area contributed by atoms with Crippen molar-refractivity contribution in [1.82, 2.24) is 10.3 Å². The van der Waals surface area contributed by atoms with Gasteiger partial charge in [-0.3, -0.25) is 4.79 Å². The van der Waals surface area contributed by atoms with E-state index in [1.165, 1.54) is 25.0 Å². The first kappa shape index (κ1) is 24.6. The lowest BCUT2D eigenvalue weighted by Gasteiger charge is -2.06. The number of carbonyl (C=O) groups is 1. The van der Waals surface area contributed by atoms with Gasteiger partial charge in [-0.2, -0.15) is 0 Å². The standard InChI is InChI=1S/C26H35FN2O2/c1-20(2)19-28-25(30)17-21(3)11-9-7-5-4-6-8-10-16-31-26-15-12-22-18-23(27)13-14-24(22)29-26/h9,11-15,17-18,20H,4-8,10,16,19H2,1-3H3,(H,28,30). The third-order valence-corrected chi connectivity index (χ3v) is 4.81. The molecule has 2 rings (SSSR count). The molecule has 31 heavy (non-hydrogen) atoms. The molecular formula is C26H35FN2O2. The third kappa shape index (κ3) is 10.3. The normalized spacial score (nSPS) is 12.1. The Morgan fingerprint density at radius 2 is 1.90 bits per heavy atom. The first-order valence-electron chi connectivity index (χ1n) is 11.3. The molecule has 0 bridgehead atoms. The summed E-state index contributed by atoms with van der Waals surface area (Å²) in [5, 5.41) is 3.67. The topological polar surface area (TPSA) is 51.2 Å². The van der Waals surface area contributed by atoms with Gasteiger partial charge in [0.1, 0.15) is 5.82 Å². The number of nitrogens with zero attached hydrogens (tertiary/aromatic N) is 1. The van der Waals surface area contributed by atoms with Crippen LogP contribution in [0.4, 0.5) is 4.39 Å². The van der Waals surface area contributed by atoms with Gasteiger partial charge < -0.3 is 10.1 Å². The van der Waals surface area contributed by atoms with Crippen LogP contribution < -0.4 is 10.1 Å². The Morgan fingerprint density at radius 3 is 2.71 bits per heavy atom. The van der Waals surface area contributed by atoms with E-state index < -0.39 is 0 Å². The van der Waals surface area contributed by atoms with Gasteiger partial charge in [0.2, 0.25) is 11.8 Å². The number of hydrogen-bond donors (Lipinski definition) is 1. The maximum Gasteiger partial charge on any atom is 0.244 e. The van der Waals surface area contributed by atoms with Crippen LogP contribution in [0.25, 0.3) is 10.9 Å². The largest absolute Gasteiger partial charge is 0.478 e. The number of benzene rings is 1. The number of carbonyl (C=O) groups excluding carboxylic acids is 1. The van der Waals surface area contributed by atoms with Crippen molar-refractivity contribution in [3.05, 3.63) is 60.0 Å². The van der Waals surface area contributed by atoms with E-state index >= 15 is 0 Å². The number of allylic oxidation sites excluding steroid dienone is 3. The van der Waals surface area contributed by atoms with Crippen LogP contribution in [-0.4, -0.2) is 24.0 Å². The van der Waals surface area contributed by atoms with E-state index in [0.717, 1.165) is 42.2 Å². The van der Waals surface area contributed by atoms with Gasteiger partial charge >= 0.3 is 0 Å². The van der Waals surface area contributed by atoms with Gasteiger partial charge in [-0.25, -0.2) is 9.37 Å². The van der Waals surface area contributed by atoms with Crippen molar-refractivity contribution >= 4 is 16.8 Å². The van der Waals surface area contributed by atoms with E-state index in [9.17, 15) is 9.18 Å². The quantitative estimate of drug-likeness (QED) is 0.230. The molecule has 0 atom stereocenters. The molecule has 1 aromatic heterocycles. The van der Waals surface area contributed by atoms with Crippen LogP contribution in [0, 0.1) is 11.7 Å². The Kier molecular flexibility index (Phi) is 10.8. The second-order valence-electron chi connectivity index (χ2n) is 8.32. The third-order valence-electron chi connectivity index (χ3n) is 4.81. The zero-order valence-corrected chi connectivity index (χ0v) is 19.0. The van der Waals surface area contributed by atoms with E-state index in [1.807, 2.05) is 19.1 Å². The molecule has 0 unspecified atom stereocenters. The molecule has 1 heterocycles. The molecule has 1 aromatic carbocycles. The van der Waals surface area contributed by atoms with Crippen LogP contribution >= 0.6 is 0 Å². The van der Waals surface area contributed by atoms with E-state index in [2.05, 4.69) is 30.2 Å². The van der Waals surface area contributed by atoms with Gasteiger partial charge in [0.25, 0.3) is 0 Å². The summed E-state index contributed by atoms with van der Waals surface area (Å²) in [4.78, 5) is 16.1. The minimum absolute atomic E-state index is 0.0224. The molecule has 2 aromatic rings. The van der Waals surface area contributed by atoms with Crippen LogP contribution in [0.1, 0.15) is 59.3 Å². The minimum atomic E-state index is -0.255. The van der Waals surface area contributed by atoms with Crippen molar-refractivity contribution < 1.29 is 13.9 Å². The highest BCUT2D eigenvalue weighted by molar-refractivity contribution is 5.88. The molecule has 5 heteroatoms. The van der Waals surface area contributed by atoms with E-state index in [-0.39, 0.29) is 11.7 Å². The summed E-state index contributed by atoms with van der Waals surface area (Å²) in [5.41, 5.74) is 1.72. The number of aromatic nitrogens is 1. The number of pyridine rings is 1. The zero-order chi connectivity index (χ0) is 22.5. The van der Waals surface area contributed by atoms with Gasteiger partial charge in [-0.05, 0) is 61.9 Å². The Bertz CT molecular complexity index is 890. The number of fused-ring (bicyclic) bond motifs is 1. The summed E-state index contributed by atoms with van der Waals surface area (Å²) in [7, 11) is 0. The molecule has 0 aliphatic heterocycles. The Labute approximate surface area is 185 Å². The fourth-order valence-corrected chi connectivity index (χ4v) is 3.11. The highest BCUT2D eigenvalue weighted by Gasteiger charge is 2.01. The number of ether oxygens (including phenoxy) is 1. The summed E-state index contributed by atoms with van der Waals surface area (Å²) >= 11 is 0. The lowest BCUT2D eigenvalue weighted by molar-refractivity contribution is -0.116. The van der Waals surface area contributed by atoms with Gasteiger partial charge in [0.05, 0.1) is 12.1 Å². The zero-order valence-electron chi connectivity index (χ0n) is 19.0. The lowest BCUT2D eigenvalue weighted by Crippen LogP contribution is -2.25. The van der Waals surface area contributed by atoms with Crippen molar-refractivity contribution in [1.29, 1.82) is 0 Å². The summed E-state index contributed by atoms with van der Waals surface area (Å²) in [6.45, 7) is 7.46. The maximum atomic E-state index is 13.2. The highest BCUT2D eigenvalue weighted by Crippen LogP contribution is 2.18. The summed E-state index contributed by atoms with van der Waals surface area (Å²) in [6.07, 6.45) is 12.5. The maximum absolute atomic E-state index is 13.2. The van der Waals surface area contributed by atoms with Crippen LogP contribution in [-0.2, 0) is 4.79 Å². The first-order chi connectivity index (χ1) is 14.9. The predicted octanol–water partition coefficient (Wildman–Crippen LogP) is 6.37. The van der Waals surface area contributed by atoms with Gasteiger partial charge in [0.15, 0.2) is 0 Å². The van der Waals surface area contributed by atoms with Gasteiger partial charge in [-0.15, -0.1) is 0 Å². The molecular weight excluding hydrogens is 391 g/mol. The average molecular weight is 427 g/mol. The second-order valence-corrected chi connectivity index (χ2v) is 8.32. The first-order valence-corrected chi connectivity index (χ1v) is 11.3. The number of unbranched alkanes of at least 4 members (excludes halogenated alkanes) is 5. The molecule has 4 nitrogen and oxygen atoms in total. The second kappa shape index (κ2) is 13.6. The Hall–Kier alpha value is -2.69. The summed E-state index contributed by atoms with van der Waals surface area (Å²) in [6, 6.07) is 8.19. The van der Waals surface area contributed by atoms with Gasteiger partial charge in [0, 0.05) is 24.1 Å². The number of nitrogens with one attached hydrogen (secondary N) is 1. The van der Waals surface area contributed by atoms with Crippen molar-refractivity contribution in [2.45, 2.75) is 59.3 Å². The smallest absolute Gasteiger partial charge is 0.244 e. The number of rotatable bonds is 13. The number of hydrogen-bond acceptors (Lipinski definition) is 3. The Balaban J connectivity index is 1.52. The fourth-order valence-electron chi connectivity index (χ4n) is 3.11. The SMILES string of the molecule is CC(C=CCCCCCCCOc1ccc2cc(F)ccc2n1)=CC(=O)NCC(C)C. The van der Waals surface area contributed by atoms with E-state index in [4.69, 9.17) is 4.74 Å². The average Bonchev–Trinajstić information content (AvgIpc) is 2.73. The van der Waals surface area contributed by atoms with Crippen molar-refractivity contribution in [2.75, 3.05) is 13.2 Å². The minimum Gasteiger partial charge on any atom is -0.478 e. The number of halogens is 1. The molecule has 0 aliphatic carbocycles. The summed E-state index contributed by atoms with van der Waals surface area (Å²) in [5.74, 6) is 0.771. The fraction of sp³-hybridized carbons (Fsp3) is 0.462. The molecule has 1 amide bonds. The molecule has 0 aliphatic rings. The van der Waals surface area contributed by atoms with Gasteiger partial charge in [-0.1, -0.05) is 45.3 Å². The van der Waals surface area contributed by atoms with E-state index in [0.29, 0.717) is 24.9 Å². The van der Waals surface area contributed by atoms with Crippen molar-refractivity contribution in [3.8, 4) is 5.88 Å². The van der Waals surface area contributed by atoms with Crippen LogP contribution in [0.3, 0.4) is 0 Å². The molecule has 0 radical (unpaired) electrons. The highest BCUT2D eigenvalue weighted by atomic mass is 19.1. The van der Waals surface area contributed by atoms with E-state index in [1.54, 1.807) is 18.2 Å². The number of amides is 1. The summed E-state index contributed by atoms with van der Waals surface area (Å²) < 4.78 is 18.9. The molecule has 0 spiro atoms. The van der Waals surface area contributed by atoms with Crippen LogP contribution in [0.2, 0.25) is 0 Å². The Morgan fingerprint density at radius 1 is 1.13 bits per heavy atom. The van der Waals surface area contributed by atoms with Crippen molar-refractivity contribution in [2.24, 2.45) is 5.92 Å². The molecule has 0 fully saturated rings. The molecule has 0 saturated carbocycles. The molecule has 168 valence electrons.